The van der Waals surface area contributed by atoms with Gasteiger partial charge in [0, 0.05) is 23.0 Å². The second-order valence-electron chi connectivity index (χ2n) is 6.18. The summed E-state index contributed by atoms with van der Waals surface area (Å²) in [7, 11) is 3.10. The summed E-state index contributed by atoms with van der Waals surface area (Å²) in [5.41, 5.74) is 1.66. The van der Waals surface area contributed by atoms with Crippen molar-refractivity contribution in [2.24, 2.45) is 5.92 Å². The van der Waals surface area contributed by atoms with E-state index in [4.69, 9.17) is 21.7 Å². The lowest BCUT2D eigenvalue weighted by atomic mass is 9.87. The van der Waals surface area contributed by atoms with Crippen LogP contribution in [-0.2, 0) is 4.79 Å². The molecule has 3 N–H and O–H groups in total. The number of hydrogen-bond acceptors (Lipinski definition) is 4. The van der Waals surface area contributed by atoms with Gasteiger partial charge in [0.2, 0.25) is 5.91 Å². The van der Waals surface area contributed by atoms with Crippen LogP contribution in [0, 0.1) is 11.7 Å². The van der Waals surface area contributed by atoms with Crippen molar-refractivity contribution in [1.29, 1.82) is 0 Å². The van der Waals surface area contributed by atoms with Crippen LogP contribution in [-0.4, -0.2) is 25.2 Å². The number of rotatable bonds is 5. The minimum atomic E-state index is -0.695. The lowest BCUT2D eigenvalue weighted by molar-refractivity contribution is -0.119. The van der Waals surface area contributed by atoms with Crippen LogP contribution in [0.1, 0.15) is 11.6 Å². The van der Waals surface area contributed by atoms with Crippen LogP contribution in [0.25, 0.3) is 0 Å². The van der Waals surface area contributed by atoms with Crippen molar-refractivity contribution in [2.45, 2.75) is 6.04 Å². The van der Waals surface area contributed by atoms with Gasteiger partial charge in [-0.05, 0) is 48.6 Å². The molecular formula is C20H20FN3O3S. The van der Waals surface area contributed by atoms with Crippen LogP contribution < -0.4 is 25.4 Å². The average Bonchev–Trinajstić information content (AvgIpc) is 2.68. The molecule has 2 aromatic rings. The number of methoxy groups -OCH3 is 2. The van der Waals surface area contributed by atoms with Crippen LogP contribution >= 0.6 is 12.2 Å². The van der Waals surface area contributed by atoms with Gasteiger partial charge in [-0.1, -0.05) is 6.58 Å². The van der Waals surface area contributed by atoms with Gasteiger partial charge in [-0.25, -0.2) is 4.39 Å². The van der Waals surface area contributed by atoms with E-state index in [1.54, 1.807) is 26.4 Å². The zero-order chi connectivity index (χ0) is 20.3. The molecule has 1 fully saturated rings. The molecule has 2 atom stereocenters. The molecule has 0 bridgehead atoms. The summed E-state index contributed by atoms with van der Waals surface area (Å²) >= 11 is 5.25. The van der Waals surface area contributed by atoms with Crippen molar-refractivity contribution in [3.8, 4) is 11.5 Å². The van der Waals surface area contributed by atoms with E-state index in [9.17, 15) is 9.18 Å². The van der Waals surface area contributed by atoms with Crippen molar-refractivity contribution in [1.82, 2.24) is 10.6 Å². The Morgan fingerprint density at radius 1 is 1.18 bits per heavy atom. The van der Waals surface area contributed by atoms with Crippen LogP contribution in [0.2, 0.25) is 0 Å². The lowest BCUT2D eigenvalue weighted by Crippen LogP contribution is -2.51. The van der Waals surface area contributed by atoms with Crippen molar-refractivity contribution in [3.63, 3.8) is 0 Å². The van der Waals surface area contributed by atoms with Gasteiger partial charge in [0.1, 0.15) is 23.2 Å². The highest BCUT2D eigenvalue weighted by molar-refractivity contribution is 7.80. The maximum Gasteiger partial charge on any atom is 0.235 e. The Balaban J connectivity index is 1.94. The summed E-state index contributed by atoms with van der Waals surface area (Å²) in [5.74, 6) is -0.215. The van der Waals surface area contributed by atoms with Gasteiger partial charge in [-0.15, -0.1) is 0 Å². The van der Waals surface area contributed by atoms with E-state index < -0.39 is 12.0 Å². The Bertz CT molecular complexity index is 917. The molecule has 28 heavy (non-hydrogen) atoms. The van der Waals surface area contributed by atoms with Crippen LogP contribution in [0.5, 0.6) is 11.5 Å². The Hall–Kier alpha value is -3.13. The first-order valence-electron chi connectivity index (χ1n) is 8.47. The molecule has 0 saturated carbocycles. The minimum Gasteiger partial charge on any atom is -0.497 e. The molecule has 1 aliphatic rings. The average molecular weight is 401 g/mol. The quantitative estimate of drug-likeness (QED) is 0.669. The van der Waals surface area contributed by atoms with Gasteiger partial charge in [0.25, 0.3) is 0 Å². The maximum atomic E-state index is 13.1. The normalized spacial score (nSPS) is 18.7. The molecule has 2 aromatic carbocycles. The van der Waals surface area contributed by atoms with E-state index in [1.807, 2.05) is 6.07 Å². The summed E-state index contributed by atoms with van der Waals surface area (Å²) in [5, 5.41) is 9.17. The fourth-order valence-corrected chi connectivity index (χ4v) is 3.34. The van der Waals surface area contributed by atoms with Gasteiger partial charge >= 0.3 is 0 Å². The number of amides is 1. The van der Waals surface area contributed by atoms with Gasteiger partial charge < -0.3 is 25.4 Å². The number of hydrogen-bond donors (Lipinski definition) is 3. The SMILES string of the molecule is C=C1NC(=S)N[C@H](c2ccc(OC)cc2OC)[C@H]1C(=O)Nc1ccc(F)cc1. The van der Waals surface area contributed by atoms with E-state index >= 15 is 0 Å². The summed E-state index contributed by atoms with van der Waals surface area (Å²) < 4.78 is 23.8. The van der Waals surface area contributed by atoms with Crippen LogP contribution in [0.3, 0.4) is 0 Å². The molecule has 0 aliphatic carbocycles. The first-order valence-corrected chi connectivity index (χ1v) is 8.88. The van der Waals surface area contributed by atoms with E-state index in [-0.39, 0.29) is 11.7 Å². The molecule has 1 amide bonds. The van der Waals surface area contributed by atoms with Crippen molar-refractivity contribution in [3.05, 3.63) is 66.1 Å². The first-order chi connectivity index (χ1) is 13.4. The highest BCUT2D eigenvalue weighted by Gasteiger charge is 2.38. The second-order valence-corrected chi connectivity index (χ2v) is 6.59. The molecule has 3 rings (SSSR count). The minimum absolute atomic E-state index is 0.318. The van der Waals surface area contributed by atoms with Crippen molar-refractivity contribution < 1.29 is 18.7 Å². The predicted octanol–water partition coefficient (Wildman–Crippen LogP) is 3.13. The summed E-state index contributed by atoms with van der Waals surface area (Å²) in [6, 6.07) is 10.4. The molecule has 1 aliphatic heterocycles. The summed E-state index contributed by atoms with van der Waals surface area (Å²) in [6.45, 7) is 3.96. The Kier molecular flexibility index (Phi) is 5.79. The van der Waals surface area contributed by atoms with E-state index in [1.165, 1.54) is 24.3 Å². The standard InChI is InChI=1S/C20H20FN3O3S/c1-11-17(19(25)23-13-6-4-12(21)5-7-13)18(24-20(28)22-11)15-9-8-14(26-2)10-16(15)27-3/h4-10,17-18H,1H2,2-3H3,(H,23,25)(H2,22,24,28)/t17-,18+/m0/s1. The number of ether oxygens (including phenoxy) is 2. The lowest BCUT2D eigenvalue weighted by Gasteiger charge is -2.36. The third-order valence-electron chi connectivity index (χ3n) is 4.44. The molecule has 1 heterocycles. The Morgan fingerprint density at radius 3 is 2.54 bits per heavy atom. The molecule has 0 radical (unpaired) electrons. The predicted molar refractivity (Wildman–Crippen MR) is 109 cm³/mol. The highest BCUT2D eigenvalue weighted by Crippen LogP contribution is 2.37. The maximum absolute atomic E-state index is 13.1. The zero-order valence-electron chi connectivity index (χ0n) is 15.4. The molecule has 1 saturated heterocycles. The van der Waals surface area contributed by atoms with Crippen molar-refractivity contribution >= 4 is 28.9 Å². The molecule has 0 spiro atoms. The number of thiocarbonyl (C=S) groups is 1. The Morgan fingerprint density at radius 2 is 1.89 bits per heavy atom. The molecule has 0 unspecified atom stereocenters. The Labute approximate surface area is 167 Å². The second kappa shape index (κ2) is 8.26. The van der Waals surface area contributed by atoms with Crippen LogP contribution in [0.15, 0.2) is 54.7 Å². The van der Waals surface area contributed by atoms with E-state index in [2.05, 4.69) is 22.5 Å². The zero-order valence-corrected chi connectivity index (χ0v) is 16.2. The van der Waals surface area contributed by atoms with E-state index in [0.717, 1.165) is 5.56 Å². The number of carbonyl (C=O) groups excluding carboxylic acids is 1. The molecular weight excluding hydrogens is 381 g/mol. The van der Waals surface area contributed by atoms with Crippen molar-refractivity contribution in [2.75, 3.05) is 19.5 Å². The van der Waals surface area contributed by atoms with Gasteiger partial charge in [0.05, 0.1) is 20.3 Å². The van der Waals surface area contributed by atoms with Crippen LogP contribution in [0.4, 0.5) is 10.1 Å². The van der Waals surface area contributed by atoms with E-state index in [0.29, 0.717) is 28.0 Å². The topological polar surface area (TPSA) is 71.6 Å². The molecule has 8 heteroatoms. The number of carbonyl (C=O) groups is 1. The fourth-order valence-electron chi connectivity index (χ4n) is 3.08. The number of benzene rings is 2. The molecule has 0 aromatic heterocycles. The number of halogens is 1. The summed E-state index contributed by atoms with van der Waals surface area (Å²) in [4.78, 5) is 13.0. The third kappa shape index (κ3) is 4.07. The first kappa shape index (κ1) is 19.6. The van der Waals surface area contributed by atoms with Gasteiger partial charge in [-0.2, -0.15) is 0 Å². The molecule has 6 nitrogen and oxygen atoms in total. The number of anilines is 1. The smallest absolute Gasteiger partial charge is 0.235 e. The highest BCUT2D eigenvalue weighted by atomic mass is 32.1. The van der Waals surface area contributed by atoms with Gasteiger partial charge in [0.15, 0.2) is 5.11 Å². The summed E-state index contributed by atoms with van der Waals surface area (Å²) in [6.07, 6.45) is 0. The number of nitrogens with one attached hydrogen (secondary N) is 3. The third-order valence-corrected chi connectivity index (χ3v) is 4.66. The van der Waals surface area contributed by atoms with Gasteiger partial charge in [-0.3, -0.25) is 4.79 Å². The molecule has 146 valence electrons. The monoisotopic (exact) mass is 401 g/mol. The largest absolute Gasteiger partial charge is 0.497 e. The fraction of sp³-hybridized carbons (Fsp3) is 0.200.